The van der Waals surface area contributed by atoms with Crippen LogP contribution in [0.5, 0.6) is 5.75 Å². The smallest absolute Gasteiger partial charge is 0.355 e. The summed E-state index contributed by atoms with van der Waals surface area (Å²) >= 11 is 2.79. The summed E-state index contributed by atoms with van der Waals surface area (Å²) in [5.41, 5.74) is 9.61. The molecule has 91 heavy (non-hydrogen) atoms. The number of para-hydroxylation sites is 1. The van der Waals surface area contributed by atoms with Crippen LogP contribution >= 0.6 is 22.7 Å². The summed E-state index contributed by atoms with van der Waals surface area (Å²) in [6, 6.07) is 16.4. The lowest BCUT2D eigenvalue weighted by atomic mass is 10.0. The predicted molar refractivity (Wildman–Crippen MR) is 340 cm³/mol. The highest BCUT2D eigenvalue weighted by atomic mass is 32.1. The van der Waals surface area contributed by atoms with E-state index in [9.17, 15) is 48.9 Å². The summed E-state index contributed by atoms with van der Waals surface area (Å²) in [7, 11) is 1.93. The van der Waals surface area contributed by atoms with E-state index < -0.39 is 78.1 Å². The van der Waals surface area contributed by atoms with E-state index in [1.807, 2.05) is 55.3 Å². The molecular weight excluding hydrogens is 1210 g/mol. The first kappa shape index (κ1) is 67.9. The topological polar surface area (TPSA) is 343 Å². The minimum Gasteiger partial charge on any atom is -0.491 e. The second-order valence-corrected chi connectivity index (χ2v) is 24.7. The molecule has 5 heterocycles. The molecule has 0 aliphatic carbocycles. The van der Waals surface area contributed by atoms with Crippen LogP contribution in [0.25, 0.3) is 10.2 Å². The second-order valence-electron chi connectivity index (χ2n) is 22.6. The fourth-order valence-electron chi connectivity index (χ4n) is 10.2. The molecule has 3 aromatic carbocycles. The van der Waals surface area contributed by atoms with Gasteiger partial charge in [-0.25, -0.2) is 23.9 Å². The Balaban J connectivity index is 0.835. The van der Waals surface area contributed by atoms with Gasteiger partial charge in [-0.05, 0) is 99.8 Å². The Bertz CT molecular complexity index is 3650. The summed E-state index contributed by atoms with van der Waals surface area (Å²) in [5.74, 6) is 2.66. The number of hydrogen-bond acceptors (Lipinski definition) is 19. The number of aliphatic hydroxyl groups is 2. The third-order valence-electron chi connectivity index (χ3n) is 15.2. The second kappa shape index (κ2) is 32.2. The van der Waals surface area contributed by atoms with Crippen molar-refractivity contribution >= 4 is 102 Å². The molecule has 0 saturated carbocycles. The van der Waals surface area contributed by atoms with Gasteiger partial charge in [0.1, 0.15) is 25.2 Å². The number of carboxylic acid groups (broad SMARTS) is 1. The van der Waals surface area contributed by atoms with E-state index in [2.05, 4.69) is 58.6 Å². The summed E-state index contributed by atoms with van der Waals surface area (Å²) in [5, 5.41) is 54.6. The maximum atomic E-state index is 15.6. The van der Waals surface area contributed by atoms with Crippen molar-refractivity contribution in [2.75, 3.05) is 81.7 Å². The van der Waals surface area contributed by atoms with Crippen LogP contribution < -0.4 is 42.0 Å². The number of amides is 7. The number of urea groups is 1. The van der Waals surface area contributed by atoms with E-state index in [1.165, 1.54) is 34.8 Å². The van der Waals surface area contributed by atoms with E-state index in [1.54, 1.807) is 32.0 Å². The van der Waals surface area contributed by atoms with Crippen LogP contribution in [0.1, 0.15) is 90.0 Å². The molecule has 7 amide bonds. The molecule has 0 radical (unpaired) electrons. The number of aromatic carboxylic acids is 1. The summed E-state index contributed by atoms with van der Waals surface area (Å²) in [4.78, 5) is 101. The first-order chi connectivity index (χ1) is 43.7. The van der Waals surface area contributed by atoms with Crippen molar-refractivity contribution in [1.29, 1.82) is 0 Å². The highest BCUT2D eigenvalue weighted by molar-refractivity contribution is 7.22. The number of benzene rings is 3. The van der Waals surface area contributed by atoms with Gasteiger partial charge in [0.05, 0.1) is 62.9 Å². The van der Waals surface area contributed by atoms with Crippen molar-refractivity contribution in [3.05, 3.63) is 118 Å². The number of nitrogens with zero attached hydrogens (tertiary/aromatic N) is 7. The van der Waals surface area contributed by atoms with Gasteiger partial charge >= 0.3 is 12.0 Å². The molecule has 2 aliphatic rings. The van der Waals surface area contributed by atoms with Gasteiger partial charge in [-0.15, -0.1) is 21.5 Å². The number of aromatic nitrogens is 4. The van der Waals surface area contributed by atoms with Crippen molar-refractivity contribution in [2.45, 2.75) is 96.9 Å². The zero-order valence-electron chi connectivity index (χ0n) is 51.0. The van der Waals surface area contributed by atoms with Crippen LogP contribution in [0.2, 0.25) is 0 Å². The zero-order valence-corrected chi connectivity index (χ0v) is 52.6. The van der Waals surface area contributed by atoms with Crippen molar-refractivity contribution in [2.24, 2.45) is 11.7 Å². The molecule has 25 nitrogen and oxygen atoms in total. The summed E-state index contributed by atoms with van der Waals surface area (Å²) in [6.45, 7) is 6.87. The third-order valence-corrected chi connectivity index (χ3v) is 17.2. The molecule has 3 aromatic heterocycles. The number of carbonyl (C=O) groups is 7. The number of aliphatic hydroxyl groups excluding tert-OH is 2. The van der Waals surface area contributed by atoms with Crippen molar-refractivity contribution in [3.63, 3.8) is 0 Å². The SMILES string of the molecule is Cc1c(Nc2nc3ccccc3s2)nnc2c1CCCN2c1nc(C(=O)O)c(CCCOc2ccc(C#CC[N+](C)(CC[C@H](O)CO)Cc3ccc(NC(=O)[C@H](CCCNC(N)=O)NC(=O)[C@@H](NC(=O)CCOCCN4C(=O)C=CC4=O)C(C)C)cc3)cc2F)s1. The average molecular weight is 1290 g/mol. The highest BCUT2D eigenvalue weighted by Gasteiger charge is 2.32. The van der Waals surface area contributed by atoms with E-state index in [0.717, 1.165) is 56.8 Å². The quantitative estimate of drug-likeness (QED) is 0.0107. The first-order valence-electron chi connectivity index (χ1n) is 29.8. The zero-order chi connectivity index (χ0) is 65.2. The third kappa shape index (κ3) is 19.0. The number of rotatable bonds is 32. The number of carbonyl (C=O) groups excluding carboxylic acids is 6. The number of nitrogens with one attached hydrogen (secondary N) is 5. The van der Waals surface area contributed by atoms with Crippen molar-refractivity contribution in [1.82, 2.24) is 41.0 Å². The van der Waals surface area contributed by atoms with Crippen molar-refractivity contribution < 1.29 is 67.2 Å². The van der Waals surface area contributed by atoms with Gasteiger partial charge < -0.3 is 66.5 Å². The molecule has 4 atom stereocenters. The van der Waals surface area contributed by atoms with Crippen LogP contribution in [0.4, 0.5) is 36.8 Å². The van der Waals surface area contributed by atoms with Gasteiger partial charge in [0.2, 0.25) is 17.7 Å². The van der Waals surface area contributed by atoms with Crippen LogP contribution in [-0.2, 0) is 48.1 Å². The van der Waals surface area contributed by atoms with E-state index in [4.69, 9.17) is 15.2 Å². The molecular formula is C63H75FN13O12S2+. The monoisotopic (exact) mass is 1290 g/mol. The standard InChI is InChI=1S/C63H74FN13O12S2/c1-38(2)54(70-51(80)26-33-88-34-29-75-52(81)23-24-53(75)82)59(84)68-47(14-7-27-66-61(65)87)58(83)67-42-20-17-41(18-21-42)36-77(4,31-25-43(79)37-78)30-9-11-40-19-22-48(45(64)35-40)89-32-10-16-50-55(60(85)86)71-63(91-50)76-28-8-12-44-39(3)56(73-74-57(44)76)72-62-69-46-13-5-6-15-49(46)90-62/h5-6,13,15,17-24,35,38,43,47,54,78-79H,7-8,10,12,14,16,25-34,36-37H2,1-4H3,(H7-,65,66,67,68,69,70,72,73,80,83,84,85,86,87)/p+1/t43-,47-,54-,77?/m0/s1. The number of primary amides is 1. The molecule has 1 unspecified atom stereocenters. The van der Waals surface area contributed by atoms with E-state index in [-0.39, 0.29) is 81.1 Å². The van der Waals surface area contributed by atoms with E-state index >= 15 is 4.39 Å². The van der Waals surface area contributed by atoms with E-state index in [0.29, 0.717) is 70.5 Å². The van der Waals surface area contributed by atoms with Crippen LogP contribution in [-0.4, -0.2) is 171 Å². The highest BCUT2D eigenvalue weighted by Crippen LogP contribution is 2.39. The van der Waals surface area contributed by atoms with Crippen LogP contribution in [0.15, 0.2) is 78.9 Å². The number of anilines is 5. The molecule has 8 rings (SSSR count). The number of quaternary nitrogens is 1. The summed E-state index contributed by atoms with van der Waals surface area (Å²) in [6.07, 6.45) is 4.09. The molecule has 482 valence electrons. The lowest BCUT2D eigenvalue weighted by Gasteiger charge is -2.33. The van der Waals surface area contributed by atoms with Crippen LogP contribution in [0.3, 0.4) is 0 Å². The van der Waals surface area contributed by atoms with Gasteiger partial charge in [0, 0.05) is 70.9 Å². The largest absolute Gasteiger partial charge is 0.491 e. The number of carboxylic acids is 1. The Morgan fingerprint density at radius 3 is 2.41 bits per heavy atom. The average Bonchev–Trinajstić information content (AvgIpc) is 1.79. The number of aryl methyl sites for hydroxylation is 1. The number of hydrogen-bond donors (Lipinski definition) is 9. The Morgan fingerprint density at radius 1 is 0.923 bits per heavy atom. The fraction of sp³-hybridized carbons (Fsp3) is 0.413. The molecule has 10 N–H and O–H groups in total. The Hall–Kier alpha value is -8.98. The van der Waals surface area contributed by atoms with Gasteiger partial charge in [-0.3, -0.25) is 28.9 Å². The number of ether oxygens (including phenoxy) is 2. The molecule has 6 aromatic rings. The predicted octanol–water partition coefficient (Wildman–Crippen LogP) is 5.61. The molecule has 28 heteroatoms. The summed E-state index contributed by atoms with van der Waals surface area (Å²) < 4.78 is 28.2. The van der Waals surface area contributed by atoms with Crippen molar-refractivity contribution in [3.8, 4) is 17.6 Å². The molecule has 0 fully saturated rings. The van der Waals surface area contributed by atoms with Crippen LogP contribution in [0, 0.1) is 30.5 Å². The number of fused-ring (bicyclic) bond motifs is 2. The normalized spacial score (nSPS) is 14.5. The minimum absolute atomic E-state index is 0.00569. The van der Waals surface area contributed by atoms with Gasteiger partial charge in [0.15, 0.2) is 39.2 Å². The minimum atomic E-state index is -1.16. The molecule has 0 saturated heterocycles. The fourth-order valence-corrected chi connectivity index (χ4v) is 12.2. The molecule has 0 spiro atoms. The number of imide groups is 1. The lowest BCUT2D eigenvalue weighted by Crippen LogP contribution is -2.54. The number of halogens is 1. The number of thiazole rings is 2. The van der Waals surface area contributed by atoms with Gasteiger partial charge in [0.25, 0.3) is 11.8 Å². The maximum absolute atomic E-state index is 15.6. The molecule has 0 bridgehead atoms. The van der Waals surface area contributed by atoms with Gasteiger partial charge in [-0.1, -0.05) is 55.4 Å². The molecule has 2 aliphatic heterocycles. The van der Waals surface area contributed by atoms with Gasteiger partial charge in [-0.2, -0.15) is 0 Å². The Kier molecular flexibility index (Phi) is 24.0. The Morgan fingerprint density at radius 2 is 1.69 bits per heavy atom. The first-order valence-corrected chi connectivity index (χ1v) is 31.5. The number of nitrogens with two attached hydrogens (primary N) is 1. The lowest BCUT2D eigenvalue weighted by molar-refractivity contribution is -0.916. The Labute approximate surface area is 533 Å². The maximum Gasteiger partial charge on any atom is 0.355 e.